The van der Waals surface area contributed by atoms with Crippen LogP contribution in [0, 0.1) is 0 Å². The Morgan fingerprint density at radius 1 is 1.16 bits per heavy atom. The Morgan fingerprint density at radius 3 is 2.40 bits per heavy atom. The number of aromatic nitrogens is 1. The lowest BCUT2D eigenvalue weighted by Gasteiger charge is -2.10. The molecule has 2 N–H and O–H groups in total. The predicted molar refractivity (Wildman–Crippen MR) is 97.8 cm³/mol. The van der Waals surface area contributed by atoms with E-state index in [4.69, 9.17) is 11.6 Å². The second kappa shape index (κ2) is 8.42. The predicted octanol–water partition coefficient (Wildman–Crippen LogP) is 2.49. The molecule has 2 aromatic rings. The van der Waals surface area contributed by atoms with Gasteiger partial charge < -0.3 is 5.32 Å². The molecular formula is C17H20ClN3O3S. The minimum absolute atomic E-state index is 0.0791. The van der Waals surface area contributed by atoms with Crippen LogP contribution in [0.3, 0.4) is 0 Å². The summed E-state index contributed by atoms with van der Waals surface area (Å²) >= 11 is 5.83. The molecule has 134 valence electrons. The van der Waals surface area contributed by atoms with Gasteiger partial charge in [0.1, 0.15) is 5.69 Å². The summed E-state index contributed by atoms with van der Waals surface area (Å²) in [6.45, 7) is 3.86. The lowest BCUT2D eigenvalue weighted by Crippen LogP contribution is -2.31. The molecule has 1 amide bonds. The van der Waals surface area contributed by atoms with Crippen molar-refractivity contribution < 1.29 is 13.2 Å². The number of benzene rings is 1. The van der Waals surface area contributed by atoms with Crippen LogP contribution in [0.25, 0.3) is 0 Å². The van der Waals surface area contributed by atoms with Crippen molar-refractivity contribution in [2.45, 2.75) is 32.2 Å². The zero-order chi connectivity index (χ0) is 18.4. The van der Waals surface area contributed by atoms with Crippen LogP contribution in [0.2, 0.25) is 5.02 Å². The van der Waals surface area contributed by atoms with Gasteiger partial charge in [0.05, 0.1) is 5.75 Å². The van der Waals surface area contributed by atoms with E-state index in [1.165, 1.54) is 12.3 Å². The fourth-order valence-electron chi connectivity index (χ4n) is 2.18. The normalized spacial score (nSPS) is 11.5. The summed E-state index contributed by atoms with van der Waals surface area (Å²) in [4.78, 5) is 16.0. The Kier molecular flexibility index (Phi) is 6.52. The first-order valence-corrected chi connectivity index (χ1v) is 9.76. The summed E-state index contributed by atoms with van der Waals surface area (Å²) in [7, 11) is -3.35. The summed E-state index contributed by atoms with van der Waals surface area (Å²) in [6.07, 6.45) is 1.47. The number of hydrogen-bond acceptors (Lipinski definition) is 4. The van der Waals surface area contributed by atoms with E-state index in [2.05, 4.69) is 15.0 Å². The molecule has 8 heteroatoms. The third kappa shape index (κ3) is 6.45. The maximum Gasteiger partial charge on any atom is 0.270 e. The van der Waals surface area contributed by atoms with Crippen molar-refractivity contribution in [1.82, 2.24) is 15.0 Å². The molecule has 0 bridgehead atoms. The van der Waals surface area contributed by atoms with Crippen LogP contribution in [0.1, 0.15) is 35.5 Å². The number of carbonyl (C=O) groups excluding carboxylic acids is 1. The molecule has 0 fully saturated rings. The molecule has 1 aromatic heterocycles. The quantitative estimate of drug-likeness (QED) is 0.771. The number of sulfonamides is 1. The van der Waals surface area contributed by atoms with Crippen LogP contribution in [0.15, 0.2) is 42.6 Å². The molecule has 0 saturated heterocycles. The van der Waals surface area contributed by atoms with Crippen LogP contribution in [0.4, 0.5) is 0 Å². The van der Waals surface area contributed by atoms with E-state index in [0.29, 0.717) is 17.1 Å². The molecule has 2 rings (SSSR count). The lowest BCUT2D eigenvalue weighted by atomic mass is 10.1. The number of pyridine rings is 1. The zero-order valence-electron chi connectivity index (χ0n) is 14.0. The number of nitrogens with one attached hydrogen (secondary N) is 2. The first kappa shape index (κ1) is 19.4. The number of halogens is 1. The molecule has 0 saturated carbocycles. The van der Waals surface area contributed by atoms with Crippen molar-refractivity contribution in [3.05, 3.63) is 64.4 Å². The van der Waals surface area contributed by atoms with Crippen molar-refractivity contribution in [1.29, 1.82) is 0 Å². The van der Waals surface area contributed by atoms with E-state index in [0.717, 1.165) is 5.56 Å². The molecule has 6 nitrogen and oxygen atoms in total. The average molecular weight is 382 g/mol. The molecule has 0 atom stereocenters. The van der Waals surface area contributed by atoms with Gasteiger partial charge in [-0.05, 0) is 37.1 Å². The number of amides is 1. The molecule has 0 radical (unpaired) electrons. The highest BCUT2D eigenvalue weighted by molar-refractivity contribution is 7.88. The van der Waals surface area contributed by atoms with Gasteiger partial charge in [-0.1, -0.05) is 35.9 Å². The maximum absolute atomic E-state index is 12.0. The third-order valence-electron chi connectivity index (χ3n) is 3.20. The minimum atomic E-state index is -3.35. The summed E-state index contributed by atoms with van der Waals surface area (Å²) < 4.78 is 26.4. The molecule has 1 heterocycles. The Morgan fingerprint density at radius 2 is 1.80 bits per heavy atom. The second-order valence-electron chi connectivity index (χ2n) is 5.89. The maximum atomic E-state index is 12.0. The topological polar surface area (TPSA) is 88.2 Å². The number of rotatable bonds is 7. The van der Waals surface area contributed by atoms with E-state index >= 15 is 0 Å². The number of hydrogen-bond donors (Lipinski definition) is 2. The largest absolute Gasteiger partial charge is 0.347 e. The highest BCUT2D eigenvalue weighted by atomic mass is 35.5. The van der Waals surface area contributed by atoms with Gasteiger partial charge in [-0.3, -0.25) is 9.78 Å². The van der Waals surface area contributed by atoms with Crippen LogP contribution >= 0.6 is 11.6 Å². The first-order valence-electron chi connectivity index (χ1n) is 7.73. The van der Waals surface area contributed by atoms with Gasteiger partial charge >= 0.3 is 0 Å². The van der Waals surface area contributed by atoms with Crippen LogP contribution in [-0.2, 0) is 22.3 Å². The lowest BCUT2D eigenvalue weighted by molar-refractivity contribution is 0.0946. The Bertz CT molecular complexity index is 836. The van der Waals surface area contributed by atoms with E-state index in [1.54, 1.807) is 44.2 Å². The Balaban J connectivity index is 1.93. The average Bonchev–Trinajstić information content (AvgIpc) is 2.52. The monoisotopic (exact) mass is 381 g/mol. The van der Waals surface area contributed by atoms with E-state index in [9.17, 15) is 13.2 Å². The molecule has 0 aliphatic heterocycles. The van der Waals surface area contributed by atoms with Crippen LogP contribution in [-0.4, -0.2) is 25.4 Å². The van der Waals surface area contributed by atoms with Gasteiger partial charge in [0.2, 0.25) is 10.0 Å². The van der Waals surface area contributed by atoms with Crippen LogP contribution in [0.5, 0.6) is 0 Å². The van der Waals surface area contributed by atoms with Gasteiger partial charge in [0, 0.05) is 23.8 Å². The SMILES string of the molecule is CC(C)NS(=O)(=O)Cc1ccc(CNC(=O)c2cc(Cl)ccn2)cc1. The van der Waals surface area contributed by atoms with Gasteiger partial charge in [-0.15, -0.1) is 0 Å². The molecule has 0 unspecified atom stereocenters. The standard InChI is InChI=1S/C17H20ClN3O3S/c1-12(2)21-25(23,24)11-14-5-3-13(4-6-14)10-20-17(22)16-9-15(18)7-8-19-16/h3-9,12,21H,10-11H2,1-2H3,(H,20,22). The van der Waals surface area contributed by atoms with Crippen molar-refractivity contribution in [3.63, 3.8) is 0 Å². The fourth-order valence-corrected chi connectivity index (χ4v) is 3.77. The summed E-state index contributed by atoms with van der Waals surface area (Å²) in [6, 6.07) is 9.99. The highest BCUT2D eigenvalue weighted by Crippen LogP contribution is 2.10. The zero-order valence-corrected chi connectivity index (χ0v) is 15.6. The van der Waals surface area contributed by atoms with Crippen molar-refractivity contribution in [3.8, 4) is 0 Å². The Labute approximate surface area is 152 Å². The van der Waals surface area contributed by atoms with E-state index in [-0.39, 0.29) is 23.4 Å². The van der Waals surface area contributed by atoms with Gasteiger partial charge in [-0.25, -0.2) is 13.1 Å². The van der Waals surface area contributed by atoms with Crippen molar-refractivity contribution in [2.75, 3.05) is 0 Å². The number of nitrogens with zero attached hydrogens (tertiary/aromatic N) is 1. The molecule has 0 spiro atoms. The molecule has 0 aliphatic carbocycles. The van der Waals surface area contributed by atoms with Crippen molar-refractivity contribution in [2.24, 2.45) is 0 Å². The second-order valence-corrected chi connectivity index (χ2v) is 8.08. The van der Waals surface area contributed by atoms with Crippen LogP contribution < -0.4 is 10.0 Å². The van der Waals surface area contributed by atoms with Gasteiger partial charge in [-0.2, -0.15) is 0 Å². The minimum Gasteiger partial charge on any atom is -0.347 e. The van der Waals surface area contributed by atoms with Gasteiger partial charge in [0.25, 0.3) is 5.91 Å². The first-order chi connectivity index (χ1) is 11.7. The van der Waals surface area contributed by atoms with E-state index < -0.39 is 10.0 Å². The molecule has 1 aromatic carbocycles. The summed E-state index contributed by atoms with van der Waals surface area (Å²) in [5.74, 6) is -0.403. The summed E-state index contributed by atoms with van der Waals surface area (Å²) in [5, 5.41) is 3.19. The smallest absolute Gasteiger partial charge is 0.270 e. The summed E-state index contributed by atoms with van der Waals surface area (Å²) in [5.41, 5.74) is 1.78. The highest BCUT2D eigenvalue weighted by Gasteiger charge is 2.13. The molecule has 25 heavy (non-hydrogen) atoms. The Hall–Kier alpha value is -1.96. The van der Waals surface area contributed by atoms with E-state index in [1.807, 2.05) is 0 Å². The molecular weight excluding hydrogens is 362 g/mol. The van der Waals surface area contributed by atoms with Gasteiger partial charge in [0.15, 0.2) is 0 Å². The fraction of sp³-hybridized carbons (Fsp3) is 0.294. The van der Waals surface area contributed by atoms with Crippen molar-refractivity contribution >= 4 is 27.5 Å². The number of carbonyl (C=O) groups is 1. The third-order valence-corrected chi connectivity index (χ3v) is 4.98. The molecule has 0 aliphatic rings.